The van der Waals surface area contributed by atoms with Crippen molar-refractivity contribution >= 4 is 49.1 Å². The van der Waals surface area contributed by atoms with Gasteiger partial charge in [-0.15, -0.1) is 11.3 Å². The van der Waals surface area contributed by atoms with Gasteiger partial charge in [0, 0.05) is 22.8 Å². The van der Waals surface area contributed by atoms with Crippen molar-refractivity contribution in [2.75, 3.05) is 10.0 Å². The molecule has 136 valence electrons. The van der Waals surface area contributed by atoms with Gasteiger partial charge in [-0.2, -0.15) is 15.4 Å². The molecule has 0 radical (unpaired) electrons. The Morgan fingerprint density at radius 3 is 2.56 bits per heavy atom. The lowest BCUT2D eigenvalue weighted by Gasteiger charge is -2.08. The van der Waals surface area contributed by atoms with Gasteiger partial charge in [0.1, 0.15) is 11.0 Å². The van der Waals surface area contributed by atoms with E-state index in [0.717, 1.165) is 0 Å². The third-order valence-corrected chi connectivity index (χ3v) is 5.83. The molecule has 9 nitrogen and oxygen atoms in total. The number of nitrogens with one attached hydrogen (secondary N) is 3. The van der Waals surface area contributed by atoms with Gasteiger partial charge in [-0.05, 0) is 42.5 Å². The Balaban J connectivity index is 1.49. The number of carbonyl (C=O) groups is 1. The molecule has 3 N–H and O–H groups in total. The van der Waals surface area contributed by atoms with Gasteiger partial charge >= 0.3 is 0 Å². The smallest absolute Gasteiger partial charge is 0.263 e. The molecule has 0 unspecified atom stereocenters. The van der Waals surface area contributed by atoms with E-state index < -0.39 is 10.0 Å². The molecule has 4 rings (SSSR count). The summed E-state index contributed by atoms with van der Waals surface area (Å²) >= 11 is 1.18. The average Bonchev–Trinajstić information content (AvgIpc) is 3.32. The van der Waals surface area contributed by atoms with E-state index in [1.807, 2.05) is 0 Å². The second kappa shape index (κ2) is 6.78. The summed E-state index contributed by atoms with van der Waals surface area (Å²) in [5, 5.41) is 15.0. The van der Waals surface area contributed by atoms with Gasteiger partial charge in [0.05, 0.1) is 4.90 Å². The fourth-order valence-corrected chi connectivity index (χ4v) is 4.14. The maximum Gasteiger partial charge on any atom is 0.263 e. The van der Waals surface area contributed by atoms with E-state index >= 15 is 0 Å². The molecule has 2 heterocycles. The van der Waals surface area contributed by atoms with Crippen LogP contribution in [0, 0.1) is 0 Å². The number of carbonyl (C=O) groups excluding carboxylic acids is 1. The molecular formula is C16H12N6O3S2. The van der Waals surface area contributed by atoms with Crippen molar-refractivity contribution in [1.29, 1.82) is 0 Å². The SMILES string of the molecule is O=C(Nc1ccc(S(=O)(=O)Nc2nccs2)cc1)c1ccc2n[nH]nc2c1. The van der Waals surface area contributed by atoms with Crippen molar-refractivity contribution in [2.24, 2.45) is 0 Å². The molecule has 2 aromatic heterocycles. The zero-order chi connectivity index (χ0) is 18.9. The summed E-state index contributed by atoms with van der Waals surface area (Å²) in [6.45, 7) is 0. The summed E-state index contributed by atoms with van der Waals surface area (Å²) in [6, 6.07) is 10.8. The summed E-state index contributed by atoms with van der Waals surface area (Å²) in [5.74, 6) is -0.337. The van der Waals surface area contributed by atoms with Crippen LogP contribution < -0.4 is 10.0 Å². The number of sulfonamides is 1. The molecule has 0 saturated carbocycles. The number of hydrogen-bond donors (Lipinski definition) is 3. The minimum Gasteiger partial charge on any atom is -0.322 e. The maximum atomic E-state index is 12.4. The van der Waals surface area contributed by atoms with Gasteiger partial charge in [0.2, 0.25) is 0 Å². The maximum absolute atomic E-state index is 12.4. The molecule has 4 aromatic rings. The monoisotopic (exact) mass is 400 g/mol. The number of anilines is 2. The van der Waals surface area contributed by atoms with Gasteiger partial charge in [0.15, 0.2) is 5.13 Å². The predicted octanol–water partition coefficient (Wildman–Crippen LogP) is 2.47. The van der Waals surface area contributed by atoms with Crippen LogP contribution in [0.3, 0.4) is 0 Å². The first kappa shape index (κ1) is 17.1. The third kappa shape index (κ3) is 3.64. The number of aromatic nitrogens is 4. The first-order chi connectivity index (χ1) is 13.0. The van der Waals surface area contributed by atoms with Crippen molar-refractivity contribution in [3.8, 4) is 0 Å². The van der Waals surface area contributed by atoms with Crippen LogP contribution in [0.2, 0.25) is 0 Å². The first-order valence-electron chi connectivity index (χ1n) is 7.65. The fourth-order valence-electron chi connectivity index (χ4n) is 2.35. The first-order valence-corrected chi connectivity index (χ1v) is 10.0. The largest absolute Gasteiger partial charge is 0.322 e. The molecule has 1 amide bonds. The lowest BCUT2D eigenvalue weighted by Crippen LogP contribution is -2.14. The molecule has 0 bridgehead atoms. The quantitative estimate of drug-likeness (QED) is 0.472. The van der Waals surface area contributed by atoms with Crippen LogP contribution in [0.4, 0.5) is 10.8 Å². The van der Waals surface area contributed by atoms with E-state index in [1.165, 1.54) is 41.8 Å². The predicted molar refractivity (Wildman–Crippen MR) is 101 cm³/mol. The van der Waals surface area contributed by atoms with E-state index in [4.69, 9.17) is 0 Å². The minimum absolute atomic E-state index is 0.0692. The molecule has 2 aromatic carbocycles. The number of nitrogens with zero attached hydrogens (tertiary/aromatic N) is 3. The van der Waals surface area contributed by atoms with E-state index in [1.54, 1.807) is 23.6 Å². The van der Waals surface area contributed by atoms with Gasteiger partial charge < -0.3 is 5.32 Å². The van der Waals surface area contributed by atoms with Crippen LogP contribution in [0.1, 0.15) is 10.4 Å². The van der Waals surface area contributed by atoms with Gasteiger partial charge in [-0.1, -0.05) is 0 Å². The third-order valence-electron chi connectivity index (χ3n) is 3.65. The van der Waals surface area contributed by atoms with Crippen LogP contribution in [0.15, 0.2) is 58.9 Å². The summed E-state index contributed by atoms with van der Waals surface area (Å²) in [7, 11) is -3.73. The zero-order valence-electron chi connectivity index (χ0n) is 13.6. The van der Waals surface area contributed by atoms with E-state index in [-0.39, 0.29) is 15.9 Å². The van der Waals surface area contributed by atoms with Crippen molar-refractivity contribution in [1.82, 2.24) is 20.4 Å². The Morgan fingerprint density at radius 2 is 1.81 bits per heavy atom. The topological polar surface area (TPSA) is 130 Å². The zero-order valence-corrected chi connectivity index (χ0v) is 15.2. The number of fused-ring (bicyclic) bond motifs is 1. The fraction of sp³-hybridized carbons (Fsp3) is 0. The summed E-state index contributed by atoms with van der Waals surface area (Å²) < 4.78 is 27.0. The van der Waals surface area contributed by atoms with Crippen molar-refractivity contribution in [2.45, 2.75) is 4.90 Å². The van der Waals surface area contributed by atoms with Crippen molar-refractivity contribution < 1.29 is 13.2 Å². The molecule has 0 aliphatic heterocycles. The second-order valence-electron chi connectivity index (χ2n) is 5.45. The van der Waals surface area contributed by atoms with Crippen LogP contribution in [-0.2, 0) is 10.0 Å². The Labute approximate surface area is 157 Å². The molecule has 11 heteroatoms. The molecule has 0 spiro atoms. The van der Waals surface area contributed by atoms with E-state index in [0.29, 0.717) is 22.3 Å². The Morgan fingerprint density at radius 1 is 1.04 bits per heavy atom. The van der Waals surface area contributed by atoms with Gasteiger partial charge in [-0.25, -0.2) is 13.4 Å². The molecular weight excluding hydrogens is 388 g/mol. The van der Waals surface area contributed by atoms with Crippen LogP contribution >= 0.6 is 11.3 Å². The lowest BCUT2D eigenvalue weighted by molar-refractivity contribution is 0.102. The Bertz CT molecular complexity index is 1200. The number of benzene rings is 2. The molecule has 0 saturated heterocycles. The number of hydrogen-bond acceptors (Lipinski definition) is 7. The number of amides is 1. The molecule has 27 heavy (non-hydrogen) atoms. The standard InChI is InChI=1S/C16H12N6O3S2/c23-15(10-1-6-13-14(9-10)20-22-19-13)18-11-2-4-12(5-3-11)27(24,25)21-16-17-7-8-26-16/h1-9H,(H,17,21)(H,18,23)(H,19,20,22). The molecule has 0 aliphatic rings. The van der Waals surface area contributed by atoms with Crippen LogP contribution in [0.25, 0.3) is 11.0 Å². The minimum atomic E-state index is -3.73. The average molecular weight is 400 g/mol. The highest BCUT2D eigenvalue weighted by molar-refractivity contribution is 7.93. The van der Waals surface area contributed by atoms with Crippen LogP contribution in [-0.4, -0.2) is 34.7 Å². The molecule has 0 fully saturated rings. The van der Waals surface area contributed by atoms with Crippen molar-refractivity contribution in [3.05, 3.63) is 59.6 Å². The van der Waals surface area contributed by atoms with Gasteiger partial charge in [0.25, 0.3) is 15.9 Å². The van der Waals surface area contributed by atoms with Crippen molar-refractivity contribution in [3.63, 3.8) is 0 Å². The van der Waals surface area contributed by atoms with E-state index in [9.17, 15) is 13.2 Å². The summed E-state index contributed by atoms with van der Waals surface area (Å²) in [5.41, 5.74) is 2.12. The summed E-state index contributed by atoms with van der Waals surface area (Å²) in [4.78, 5) is 16.3. The summed E-state index contributed by atoms with van der Waals surface area (Å²) in [6.07, 6.45) is 1.51. The Hall–Kier alpha value is -3.31. The molecule has 0 atom stereocenters. The normalized spacial score (nSPS) is 11.4. The lowest BCUT2D eigenvalue weighted by atomic mass is 10.2. The number of rotatable bonds is 5. The Kier molecular flexibility index (Phi) is 4.30. The number of thiazole rings is 1. The number of aromatic amines is 1. The second-order valence-corrected chi connectivity index (χ2v) is 8.03. The van der Waals surface area contributed by atoms with Crippen LogP contribution in [0.5, 0.6) is 0 Å². The number of H-pyrrole nitrogens is 1. The highest BCUT2D eigenvalue weighted by Crippen LogP contribution is 2.20. The van der Waals surface area contributed by atoms with Gasteiger partial charge in [-0.3, -0.25) is 9.52 Å². The highest BCUT2D eigenvalue weighted by Gasteiger charge is 2.16. The highest BCUT2D eigenvalue weighted by atomic mass is 32.2. The van der Waals surface area contributed by atoms with E-state index in [2.05, 4.69) is 30.4 Å². The molecule has 0 aliphatic carbocycles.